The fourth-order valence-corrected chi connectivity index (χ4v) is 3.87. The minimum atomic E-state index is -0.899. The maximum atomic E-state index is 14.0. The first kappa shape index (κ1) is 20.0. The molecule has 30 heavy (non-hydrogen) atoms. The highest BCUT2D eigenvalue weighted by Gasteiger charge is 2.46. The van der Waals surface area contributed by atoms with Crippen LogP contribution < -0.4 is 0 Å². The Labute approximate surface area is 181 Å². The van der Waals surface area contributed by atoms with Gasteiger partial charge in [0.2, 0.25) is 0 Å². The molecular formula is C24H17BrFNO3. The second kappa shape index (κ2) is 8.24. The number of hydrogen-bond acceptors (Lipinski definition) is 3. The van der Waals surface area contributed by atoms with E-state index in [4.69, 9.17) is 0 Å². The molecule has 3 aromatic rings. The first-order valence-electron chi connectivity index (χ1n) is 9.29. The molecule has 0 spiro atoms. The normalized spacial score (nSPS) is 18.1. The number of ketones is 1. The van der Waals surface area contributed by atoms with E-state index >= 15 is 0 Å². The summed E-state index contributed by atoms with van der Waals surface area (Å²) >= 11 is 3.33. The molecule has 1 fully saturated rings. The lowest BCUT2D eigenvalue weighted by Crippen LogP contribution is -2.29. The number of carbonyl (C=O) groups excluding carboxylic acids is 2. The summed E-state index contributed by atoms with van der Waals surface area (Å²) < 4.78 is 14.8. The molecular weight excluding hydrogens is 449 g/mol. The zero-order chi connectivity index (χ0) is 21.3. The van der Waals surface area contributed by atoms with E-state index in [1.165, 1.54) is 23.1 Å². The lowest BCUT2D eigenvalue weighted by atomic mass is 9.95. The maximum Gasteiger partial charge on any atom is 0.295 e. The number of carbonyl (C=O) groups is 2. The Kier molecular flexibility index (Phi) is 5.50. The molecule has 1 saturated heterocycles. The average Bonchev–Trinajstić information content (AvgIpc) is 2.99. The molecule has 1 atom stereocenters. The number of aliphatic hydroxyl groups excluding tert-OH is 1. The van der Waals surface area contributed by atoms with Gasteiger partial charge in [0, 0.05) is 16.6 Å². The molecule has 4 nitrogen and oxygen atoms in total. The SMILES string of the molecule is O=C1C(=O)N(Cc2ccccc2)[C@@H](c2cccc(F)c2)C1=C(O)c1ccc(Br)cc1. The van der Waals surface area contributed by atoms with Crippen LogP contribution in [0.3, 0.4) is 0 Å². The van der Waals surface area contributed by atoms with E-state index in [0.29, 0.717) is 11.1 Å². The van der Waals surface area contributed by atoms with Crippen molar-refractivity contribution in [1.29, 1.82) is 0 Å². The summed E-state index contributed by atoms with van der Waals surface area (Å²) in [6, 6.07) is 20.8. The van der Waals surface area contributed by atoms with Crippen LogP contribution in [0.2, 0.25) is 0 Å². The molecule has 1 heterocycles. The Morgan fingerprint density at radius 3 is 2.33 bits per heavy atom. The zero-order valence-electron chi connectivity index (χ0n) is 15.8. The van der Waals surface area contributed by atoms with Crippen LogP contribution in [0, 0.1) is 5.82 Å². The van der Waals surface area contributed by atoms with E-state index in [1.807, 2.05) is 30.3 Å². The van der Waals surface area contributed by atoms with Gasteiger partial charge in [-0.05, 0) is 35.4 Å². The average molecular weight is 466 g/mol. The Morgan fingerprint density at radius 1 is 0.967 bits per heavy atom. The van der Waals surface area contributed by atoms with Gasteiger partial charge >= 0.3 is 0 Å². The molecule has 4 rings (SSSR count). The molecule has 0 bridgehead atoms. The third kappa shape index (κ3) is 3.78. The van der Waals surface area contributed by atoms with E-state index in [-0.39, 0.29) is 17.9 Å². The number of nitrogens with zero attached hydrogens (tertiary/aromatic N) is 1. The number of amides is 1. The fraction of sp³-hybridized carbons (Fsp3) is 0.0833. The van der Waals surface area contributed by atoms with Gasteiger partial charge in [-0.2, -0.15) is 0 Å². The summed E-state index contributed by atoms with van der Waals surface area (Å²) in [6.07, 6.45) is 0. The number of benzene rings is 3. The lowest BCUT2D eigenvalue weighted by Gasteiger charge is -2.25. The first-order valence-corrected chi connectivity index (χ1v) is 10.1. The molecule has 6 heteroatoms. The summed E-state index contributed by atoms with van der Waals surface area (Å²) in [6.45, 7) is 0.156. The quantitative estimate of drug-likeness (QED) is 0.326. The van der Waals surface area contributed by atoms with E-state index in [1.54, 1.807) is 30.3 Å². The summed E-state index contributed by atoms with van der Waals surface area (Å²) in [5.74, 6) is -2.29. The Balaban J connectivity index is 1.87. The molecule has 1 N–H and O–H groups in total. The van der Waals surface area contributed by atoms with Crippen LogP contribution in [0.25, 0.3) is 5.76 Å². The molecule has 0 aliphatic carbocycles. The van der Waals surface area contributed by atoms with Gasteiger partial charge in [-0.25, -0.2) is 4.39 Å². The minimum Gasteiger partial charge on any atom is -0.507 e. The van der Waals surface area contributed by atoms with Crippen LogP contribution in [-0.2, 0) is 16.1 Å². The van der Waals surface area contributed by atoms with Gasteiger partial charge < -0.3 is 10.0 Å². The van der Waals surface area contributed by atoms with Gasteiger partial charge in [-0.3, -0.25) is 9.59 Å². The highest BCUT2D eigenvalue weighted by atomic mass is 79.9. The number of aliphatic hydroxyl groups is 1. The van der Waals surface area contributed by atoms with Gasteiger partial charge in [-0.15, -0.1) is 0 Å². The molecule has 150 valence electrons. The monoisotopic (exact) mass is 465 g/mol. The smallest absolute Gasteiger partial charge is 0.295 e. The van der Waals surface area contributed by atoms with Crippen LogP contribution in [0.15, 0.2) is 88.9 Å². The Hall–Kier alpha value is -3.25. The van der Waals surface area contributed by atoms with E-state index < -0.39 is 23.5 Å². The molecule has 0 unspecified atom stereocenters. The lowest BCUT2D eigenvalue weighted by molar-refractivity contribution is -0.140. The van der Waals surface area contributed by atoms with Crippen LogP contribution in [0.4, 0.5) is 4.39 Å². The highest BCUT2D eigenvalue weighted by molar-refractivity contribution is 9.10. The number of hydrogen-bond donors (Lipinski definition) is 1. The highest BCUT2D eigenvalue weighted by Crippen LogP contribution is 2.40. The van der Waals surface area contributed by atoms with Gasteiger partial charge in [0.25, 0.3) is 11.7 Å². The van der Waals surface area contributed by atoms with Crippen molar-refractivity contribution in [2.75, 3.05) is 0 Å². The maximum absolute atomic E-state index is 14.0. The topological polar surface area (TPSA) is 57.6 Å². The third-order valence-corrected chi connectivity index (χ3v) is 5.55. The molecule has 0 aromatic heterocycles. The van der Waals surface area contributed by atoms with Gasteiger partial charge in [0.15, 0.2) is 0 Å². The summed E-state index contributed by atoms with van der Waals surface area (Å²) in [5.41, 5.74) is 1.59. The fourth-order valence-electron chi connectivity index (χ4n) is 3.61. The second-order valence-corrected chi connectivity index (χ2v) is 7.89. The van der Waals surface area contributed by atoms with Crippen molar-refractivity contribution in [3.05, 3.63) is 111 Å². The van der Waals surface area contributed by atoms with E-state index in [9.17, 15) is 19.1 Å². The van der Waals surface area contributed by atoms with Crippen LogP contribution >= 0.6 is 15.9 Å². The number of Topliss-reactive ketones (excluding diaryl/α,β-unsaturated/α-hetero) is 1. The molecule has 1 aliphatic heterocycles. The number of rotatable bonds is 4. The van der Waals surface area contributed by atoms with Crippen molar-refractivity contribution in [1.82, 2.24) is 4.90 Å². The van der Waals surface area contributed by atoms with Crippen LogP contribution in [0.5, 0.6) is 0 Å². The van der Waals surface area contributed by atoms with Crippen molar-refractivity contribution in [3.63, 3.8) is 0 Å². The molecule has 0 saturated carbocycles. The number of halogens is 2. The van der Waals surface area contributed by atoms with Crippen molar-refractivity contribution in [2.45, 2.75) is 12.6 Å². The largest absolute Gasteiger partial charge is 0.507 e. The van der Waals surface area contributed by atoms with Gasteiger partial charge in [-0.1, -0.05) is 70.5 Å². The molecule has 3 aromatic carbocycles. The van der Waals surface area contributed by atoms with Gasteiger partial charge in [0.05, 0.1) is 11.6 Å². The summed E-state index contributed by atoms with van der Waals surface area (Å²) in [4.78, 5) is 27.2. The predicted molar refractivity (Wildman–Crippen MR) is 115 cm³/mol. The first-order chi connectivity index (χ1) is 14.5. The van der Waals surface area contributed by atoms with Crippen molar-refractivity contribution < 1.29 is 19.1 Å². The molecule has 1 aliphatic rings. The predicted octanol–water partition coefficient (Wildman–Crippen LogP) is 5.21. The van der Waals surface area contributed by atoms with Gasteiger partial charge in [0.1, 0.15) is 11.6 Å². The minimum absolute atomic E-state index is 0.0520. The van der Waals surface area contributed by atoms with E-state index in [2.05, 4.69) is 15.9 Å². The summed E-state index contributed by atoms with van der Waals surface area (Å²) in [7, 11) is 0. The standard InChI is InChI=1S/C24H17BrFNO3/c25-18-11-9-16(10-12-18)22(28)20-21(17-7-4-8-19(26)13-17)27(24(30)23(20)29)14-15-5-2-1-3-6-15/h1-13,21,28H,14H2/t21-/m0/s1. The molecule has 0 radical (unpaired) electrons. The third-order valence-electron chi connectivity index (χ3n) is 5.02. The Morgan fingerprint density at radius 2 is 1.67 bits per heavy atom. The van der Waals surface area contributed by atoms with Crippen molar-refractivity contribution in [3.8, 4) is 0 Å². The second-order valence-electron chi connectivity index (χ2n) is 6.97. The zero-order valence-corrected chi connectivity index (χ0v) is 17.3. The van der Waals surface area contributed by atoms with Crippen LogP contribution in [-0.4, -0.2) is 21.7 Å². The summed E-state index contributed by atoms with van der Waals surface area (Å²) in [5, 5.41) is 11.0. The Bertz CT molecular complexity index is 1140. The van der Waals surface area contributed by atoms with E-state index in [0.717, 1.165) is 10.0 Å². The molecule has 1 amide bonds. The van der Waals surface area contributed by atoms with Crippen molar-refractivity contribution >= 4 is 33.4 Å². The van der Waals surface area contributed by atoms with Crippen LogP contribution in [0.1, 0.15) is 22.7 Å². The number of likely N-dealkylation sites (tertiary alicyclic amines) is 1. The van der Waals surface area contributed by atoms with Crippen molar-refractivity contribution in [2.24, 2.45) is 0 Å².